The van der Waals surface area contributed by atoms with Gasteiger partial charge in [-0.3, -0.25) is 14.2 Å². The summed E-state index contributed by atoms with van der Waals surface area (Å²) in [4.78, 5) is 30.1. The first-order chi connectivity index (χ1) is 20.4. The number of methoxy groups -OCH3 is 3. The van der Waals surface area contributed by atoms with Crippen molar-refractivity contribution in [2.45, 2.75) is 18.1 Å². The minimum Gasteiger partial charge on any atom is -0.497 e. The number of amides is 2. The molecule has 2 heterocycles. The van der Waals surface area contributed by atoms with Crippen LogP contribution in [0.4, 0.5) is 0 Å². The largest absolute Gasteiger partial charge is 0.497 e. The molecule has 218 valence electrons. The van der Waals surface area contributed by atoms with E-state index < -0.39 is 0 Å². The first-order valence-corrected chi connectivity index (χ1v) is 14.5. The number of benzene rings is 3. The van der Waals surface area contributed by atoms with Gasteiger partial charge < -0.3 is 24.0 Å². The summed E-state index contributed by atoms with van der Waals surface area (Å²) in [5.74, 6) is 2.89. The zero-order valence-corrected chi connectivity index (χ0v) is 24.8. The monoisotopic (exact) mass is 587 g/mol. The molecule has 1 atom stereocenters. The molecule has 0 N–H and O–H groups in total. The first kappa shape index (κ1) is 29.0. The molecule has 11 heteroatoms. The Morgan fingerprint density at radius 3 is 2.17 bits per heavy atom. The van der Waals surface area contributed by atoms with E-state index in [9.17, 15) is 9.59 Å². The predicted molar refractivity (Wildman–Crippen MR) is 161 cm³/mol. The van der Waals surface area contributed by atoms with E-state index in [0.717, 1.165) is 17.0 Å². The Labute approximate surface area is 249 Å². The van der Waals surface area contributed by atoms with Crippen LogP contribution in [0.15, 0.2) is 78.0 Å². The third kappa shape index (κ3) is 6.20. The lowest BCUT2D eigenvalue weighted by molar-refractivity contribution is -0.130. The highest BCUT2D eigenvalue weighted by Gasteiger charge is 2.30. The predicted octanol–water partition coefficient (Wildman–Crippen LogP) is 4.43. The molecule has 0 radical (unpaired) electrons. The molecule has 1 aliphatic rings. The van der Waals surface area contributed by atoms with Gasteiger partial charge in [0, 0.05) is 42.5 Å². The topological polar surface area (TPSA) is 99.0 Å². The van der Waals surface area contributed by atoms with Crippen LogP contribution in [0.25, 0.3) is 17.1 Å². The number of hydrogen-bond donors (Lipinski definition) is 0. The summed E-state index contributed by atoms with van der Waals surface area (Å²) in [7, 11) is 4.84. The van der Waals surface area contributed by atoms with Crippen molar-refractivity contribution in [3.8, 4) is 34.3 Å². The number of thioether (sulfide) groups is 1. The Bertz CT molecular complexity index is 1540. The zero-order valence-electron chi connectivity index (χ0n) is 24.0. The van der Waals surface area contributed by atoms with Gasteiger partial charge in [0.05, 0.1) is 27.1 Å². The highest BCUT2D eigenvalue weighted by Crippen LogP contribution is 2.31. The van der Waals surface area contributed by atoms with Crippen molar-refractivity contribution < 1.29 is 23.8 Å². The Hall–Kier alpha value is -4.51. The van der Waals surface area contributed by atoms with Crippen LogP contribution in [-0.4, -0.2) is 89.1 Å². The average molecular weight is 588 g/mol. The number of aromatic nitrogens is 3. The van der Waals surface area contributed by atoms with Crippen LogP contribution >= 0.6 is 11.8 Å². The van der Waals surface area contributed by atoms with Crippen molar-refractivity contribution in [1.29, 1.82) is 0 Å². The van der Waals surface area contributed by atoms with Gasteiger partial charge in [-0.25, -0.2) is 0 Å². The Balaban J connectivity index is 1.29. The number of piperazine rings is 1. The lowest BCUT2D eigenvalue weighted by Gasteiger charge is -2.40. The molecule has 42 heavy (non-hydrogen) atoms. The van der Waals surface area contributed by atoms with Crippen LogP contribution in [0, 0.1) is 0 Å². The van der Waals surface area contributed by atoms with Crippen molar-refractivity contribution in [2.75, 3.05) is 46.7 Å². The summed E-state index contributed by atoms with van der Waals surface area (Å²) in [5.41, 5.74) is 2.28. The fourth-order valence-electron chi connectivity index (χ4n) is 4.88. The third-order valence-electron chi connectivity index (χ3n) is 7.19. The van der Waals surface area contributed by atoms with E-state index in [1.165, 1.54) is 11.8 Å². The van der Waals surface area contributed by atoms with Crippen LogP contribution in [0.5, 0.6) is 17.2 Å². The summed E-state index contributed by atoms with van der Waals surface area (Å²) in [6, 6.07) is 22.2. The molecule has 0 saturated carbocycles. The van der Waals surface area contributed by atoms with Crippen LogP contribution in [0.1, 0.15) is 17.3 Å². The Kier molecular flexibility index (Phi) is 8.97. The van der Waals surface area contributed by atoms with Crippen molar-refractivity contribution >= 4 is 23.6 Å². The van der Waals surface area contributed by atoms with Gasteiger partial charge in [0.2, 0.25) is 5.91 Å². The van der Waals surface area contributed by atoms with E-state index in [0.29, 0.717) is 47.7 Å². The molecule has 1 aromatic heterocycles. The van der Waals surface area contributed by atoms with Crippen molar-refractivity contribution in [3.63, 3.8) is 0 Å². The molecular formula is C31H33N5O5S. The molecule has 0 spiro atoms. The fourth-order valence-corrected chi connectivity index (χ4v) is 5.73. The number of carbonyl (C=O) groups is 2. The van der Waals surface area contributed by atoms with Crippen molar-refractivity contribution in [2.24, 2.45) is 0 Å². The number of nitrogens with zero attached hydrogens (tertiary/aromatic N) is 5. The minimum absolute atomic E-state index is 0.0180. The van der Waals surface area contributed by atoms with Crippen molar-refractivity contribution in [3.05, 3.63) is 78.4 Å². The van der Waals surface area contributed by atoms with E-state index in [1.54, 1.807) is 45.6 Å². The van der Waals surface area contributed by atoms with Gasteiger partial charge in [-0.2, -0.15) is 0 Å². The van der Waals surface area contributed by atoms with Gasteiger partial charge in [-0.15, -0.1) is 10.2 Å². The second-order valence-corrected chi connectivity index (χ2v) is 10.7. The average Bonchev–Trinajstić information content (AvgIpc) is 3.47. The van der Waals surface area contributed by atoms with Gasteiger partial charge in [-0.05, 0) is 67.6 Å². The standard InChI is InChI=1S/C31H33N5O5S/c1-21-19-34(16-17-35(21)30(38)22-8-12-25(39-2)13-9-22)28(37)20-42-31-33-32-29(23-6-5-7-27(18-23)41-4)36(31)24-10-14-26(40-3)15-11-24/h5-15,18,21H,16-17,19-20H2,1-4H3. The molecule has 1 saturated heterocycles. The van der Waals surface area contributed by atoms with E-state index in [1.807, 2.05) is 69.8 Å². The Morgan fingerprint density at radius 1 is 0.857 bits per heavy atom. The summed E-state index contributed by atoms with van der Waals surface area (Å²) in [5, 5.41) is 9.52. The van der Waals surface area contributed by atoms with Crippen molar-refractivity contribution in [1.82, 2.24) is 24.6 Å². The summed E-state index contributed by atoms with van der Waals surface area (Å²) in [6.45, 7) is 3.35. The molecular weight excluding hydrogens is 554 g/mol. The highest BCUT2D eigenvalue weighted by atomic mass is 32.2. The van der Waals surface area contributed by atoms with E-state index in [4.69, 9.17) is 14.2 Å². The van der Waals surface area contributed by atoms with Crippen LogP contribution in [0.3, 0.4) is 0 Å². The molecule has 5 rings (SSSR count). The molecule has 0 aliphatic carbocycles. The SMILES string of the molecule is COc1ccc(C(=O)N2CCN(C(=O)CSc3nnc(-c4cccc(OC)c4)n3-c3ccc(OC)cc3)CC2C)cc1. The van der Waals surface area contributed by atoms with Gasteiger partial charge in [0.1, 0.15) is 17.2 Å². The first-order valence-electron chi connectivity index (χ1n) is 13.5. The highest BCUT2D eigenvalue weighted by molar-refractivity contribution is 7.99. The summed E-state index contributed by atoms with van der Waals surface area (Å²) in [6.07, 6.45) is 0. The van der Waals surface area contributed by atoms with Gasteiger partial charge in [0.15, 0.2) is 11.0 Å². The van der Waals surface area contributed by atoms with Gasteiger partial charge in [0.25, 0.3) is 5.91 Å². The second kappa shape index (κ2) is 13.0. The zero-order chi connectivity index (χ0) is 29.6. The third-order valence-corrected chi connectivity index (χ3v) is 8.11. The lowest BCUT2D eigenvalue weighted by atomic mass is 10.1. The van der Waals surface area contributed by atoms with Crippen LogP contribution in [0.2, 0.25) is 0 Å². The number of ether oxygens (including phenoxy) is 3. The molecule has 4 aromatic rings. The van der Waals surface area contributed by atoms with E-state index in [2.05, 4.69) is 10.2 Å². The maximum Gasteiger partial charge on any atom is 0.254 e. The normalized spacial score (nSPS) is 14.9. The van der Waals surface area contributed by atoms with E-state index >= 15 is 0 Å². The summed E-state index contributed by atoms with van der Waals surface area (Å²) < 4.78 is 17.9. The lowest BCUT2D eigenvalue weighted by Crippen LogP contribution is -2.55. The van der Waals surface area contributed by atoms with E-state index in [-0.39, 0.29) is 23.6 Å². The number of carbonyl (C=O) groups excluding carboxylic acids is 2. The number of rotatable bonds is 9. The molecule has 1 unspecified atom stereocenters. The maximum atomic E-state index is 13.3. The quantitative estimate of drug-likeness (QED) is 0.266. The molecule has 10 nitrogen and oxygen atoms in total. The molecule has 1 aliphatic heterocycles. The maximum absolute atomic E-state index is 13.3. The molecule has 1 fully saturated rings. The van der Waals surface area contributed by atoms with Gasteiger partial charge >= 0.3 is 0 Å². The summed E-state index contributed by atoms with van der Waals surface area (Å²) >= 11 is 1.33. The van der Waals surface area contributed by atoms with Crippen LogP contribution < -0.4 is 14.2 Å². The molecule has 2 amide bonds. The van der Waals surface area contributed by atoms with Gasteiger partial charge in [-0.1, -0.05) is 23.9 Å². The second-order valence-electron chi connectivity index (χ2n) is 9.78. The minimum atomic E-state index is -0.120. The van der Waals surface area contributed by atoms with Crippen LogP contribution in [-0.2, 0) is 4.79 Å². The fraction of sp³-hybridized carbons (Fsp3) is 0.290. The smallest absolute Gasteiger partial charge is 0.254 e. The number of hydrogen-bond acceptors (Lipinski definition) is 8. The Morgan fingerprint density at radius 2 is 1.52 bits per heavy atom. The molecule has 0 bridgehead atoms. The molecule has 3 aromatic carbocycles.